The van der Waals surface area contributed by atoms with E-state index in [-0.39, 0.29) is 24.8 Å². The average Bonchev–Trinajstić information content (AvgIpc) is 2.01. The largest absolute Gasteiger partial charge is 1.00 e. The number of quaternary nitrogens is 2. The minimum absolute atomic E-state index is 0. The molecule has 0 aliphatic carbocycles. The van der Waals surface area contributed by atoms with E-state index in [1.807, 2.05) is 0 Å². The summed E-state index contributed by atoms with van der Waals surface area (Å²) in [6.45, 7) is 0. The van der Waals surface area contributed by atoms with E-state index in [4.69, 9.17) is 0 Å². The highest BCUT2D eigenvalue weighted by molar-refractivity contribution is 5.51. The molecule has 0 aliphatic rings. The Labute approximate surface area is 112 Å². The summed E-state index contributed by atoms with van der Waals surface area (Å²) >= 11 is 0. The number of halogens is 2. The fourth-order valence-electron chi connectivity index (χ4n) is 1.35. The Hall–Kier alpha value is -0.280. The first-order valence-corrected chi connectivity index (χ1v) is 4.95. The van der Waals surface area contributed by atoms with E-state index in [0.717, 1.165) is 8.97 Å². The van der Waals surface area contributed by atoms with Crippen LogP contribution in [0.5, 0.6) is 0 Å². The van der Waals surface area contributed by atoms with Crippen molar-refractivity contribution in [3.8, 4) is 0 Å². The van der Waals surface area contributed by atoms with Gasteiger partial charge in [0.25, 0.3) is 0 Å². The molecule has 0 spiro atoms. The lowest BCUT2D eigenvalue weighted by atomic mass is 10.2. The number of hydrogen-bond acceptors (Lipinski definition) is 0. The Kier molecular flexibility index (Phi) is 6.64. The molecule has 1 aromatic rings. The van der Waals surface area contributed by atoms with Gasteiger partial charge in [0.05, 0.1) is 42.3 Å². The monoisotopic (exact) mass is 264 g/mol. The van der Waals surface area contributed by atoms with Crippen molar-refractivity contribution in [1.29, 1.82) is 0 Å². The number of rotatable bonds is 2. The smallest absolute Gasteiger partial charge is 0.132 e. The molecule has 16 heavy (non-hydrogen) atoms. The highest BCUT2D eigenvalue weighted by Gasteiger charge is 2.15. The lowest BCUT2D eigenvalue weighted by molar-refractivity contribution is -0.00100. The Morgan fingerprint density at radius 3 is 0.875 bits per heavy atom. The molecule has 2 nitrogen and oxygen atoms in total. The predicted molar refractivity (Wildman–Crippen MR) is 65.6 cm³/mol. The minimum atomic E-state index is 0. The zero-order valence-corrected chi connectivity index (χ0v) is 12.5. The van der Waals surface area contributed by atoms with Gasteiger partial charge in [-0.15, -0.1) is 0 Å². The maximum atomic E-state index is 2.21. The third-order valence-electron chi connectivity index (χ3n) is 2.40. The molecule has 0 aromatic heterocycles. The molecule has 0 fully saturated rings. The highest BCUT2D eigenvalue weighted by atomic mass is 35.5. The van der Waals surface area contributed by atoms with E-state index in [2.05, 4.69) is 66.6 Å². The average molecular weight is 265 g/mol. The third kappa shape index (κ3) is 4.71. The fourth-order valence-corrected chi connectivity index (χ4v) is 1.35. The molecular formula is C12H22Cl2N2. The summed E-state index contributed by atoms with van der Waals surface area (Å²) in [5.41, 5.74) is 2.67. The van der Waals surface area contributed by atoms with Gasteiger partial charge in [0, 0.05) is 24.3 Å². The third-order valence-corrected chi connectivity index (χ3v) is 2.40. The second kappa shape index (κ2) is 5.87. The second-order valence-corrected chi connectivity index (χ2v) is 5.54. The summed E-state index contributed by atoms with van der Waals surface area (Å²) in [5.74, 6) is 0. The van der Waals surface area contributed by atoms with Crippen LogP contribution in [0.3, 0.4) is 0 Å². The van der Waals surface area contributed by atoms with Gasteiger partial charge in [0.2, 0.25) is 0 Å². The first-order chi connectivity index (χ1) is 6.21. The molecule has 0 heterocycles. The van der Waals surface area contributed by atoms with Crippen LogP contribution >= 0.6 is 0 Å². The Balaban J connectivity index is 0. The maximum Gasteiger partial charge on any atom is 0.132 e. The lowest BCUT2D eigenvalue weighted by Crippen LogP contribution is -3.00. The van der Waals surface area contributed by atoms with Crippen LogP contribution in [0.1, 0.15) is 0 Å². The van der Waals surface area contributed by atoms with Crippen molar-refractivity contribution in [2.45, 2.75) is 0 Å². The summed E-state index contributed by atoms with van der Waals surface area (Å²) in [7, 11) is 13.1. The summed E-state index contributed by atoms with van der Waals surface area (Å²) in [4.78, 5) is 0. The van der Waals surface area contributed by atoms with Crippen LogP contribution in [0, 0.1) is 0 Å². The van der Waals surface area contributed by atoms with Crippen LogP contribution in [-0.4, -0.2) is 42.3 Å². The maximum absolute atomic E-state index is 2.21. The molecule has 1 rings (SSSR count). The Bertz CT molecular complexity index is 274. The summed E-state index contributed by atoms with van der Waals surface area (Å²) < 4.78 is 1.74. The molecule has 0 saturated carbocycles. The van der Waals surface area contributed by atoms with E-state index in [1.165, 1.54) is 11.4 Å². The van der Waals surface area contributed by atoms with Gasteiger partial charge in [-0.05, 0) is 0 Å². The van der Waals surface area contributed by atoms with Gasteiger partial charge in [-0.3, -0.25) is 8.97 Å². The molecular weight excluding hydrogens is 243 g/mol. The normalized spacial score (nSPS) is 11.4. The quantitative estimate of drug-likeness (QED) is 0.480. The van der Waals surface area contributed by atoms with Crippen molar-refractivity contribution in [3.63, 3.8) is 0 Å². The van der Waals surface area contributed by atoms with Crippen LogP contribution in [-0.2, 0) is 0 Å². The molecule has 0 N–H and O–H groups in total. The SMILES string of the molecule is C[N+](C)(C)c1ccc([N+](C)(C)C)cc1.[Cl-].[Cl-]. The fraction of sp³-hybridized carbons (Fsp3) is 0.500. The van der Waals surface area contributed by atoms with Crippen LogP contribution in [0.4, 0.5) is 11.4 Å². The van der Waals surface area contributed by atoms with E-state index in [1.54, 1.807) is 0 Å². The second-order valence-electron chi connectivity index (χ2n) is 5.54. The van der Waals surface area contributed by atoms with Gasteiger partial charge in [-0.2, -0.15) is 0 Å². The molecule has 0 bridgehead atoms. The molecule has 0 saturated heterocycles. The molecule has 0 aliphatic heterocycles. The van der Waals surface area contributed by atoms with Gasteiger partial charge in [-0.25, -0.2) is 0 Å². The molecule has 4 heteroatoms. The van der Waals surface area contributed by atoms with Crippen LogP contribution < -0.4 is 33.8 Å². The van der Waals surface area contributed by atoms with Gasteiger partial charge < -0.3 is 24.8 Å². The van der Waals surface area contributed by atoms with E-state index in [0.29, 0.717) is 0 Å². The molecule has 94 valence electrons. The molecule has 0 amide bonds. The van der Waals surface area contributed by atoms with Crippen molar-refractivity contribution < 1.29 is 24.8 Å². The van der Waals surface area contributed by atoms with Gasteiger partial charge in [-0.1, -0.05) is 0 Å². The van der Waals surface area contributed by atoms with Crippen LogP contribution in [0.15, 0.2) is 24.3 Å². The standard InChI is InChI=1S/C12H22N2.2ClH/c1-13(2,3)11-7-9-12(10-8-11)14(4,5)6;;/h7-10H,1-6H3;2*1H/q+2;;/p-2. The number of hydrogen-bond donors (Lipinski definition) is 0. The Morgan fingerprint density at radius 2 is 0.750 bits per heavy atom. The number of nitrogens with zero attached hydrogens (tertiary/aromatic N) is 2. The van der Waals surface area contributed by atoms with Gasteiger partial charge in [0.1, 0.15) is 11.4 Å². The first-order valence-electron chi connectivity index (χ1n) is 4.95. The minimum Gasteiger partial charge on any atom is -1.00 e. The molecule has 0 atom stereocenters. The molecule has 0 unspecified atom stereocenters. The van der Waals surface area contributed by atoms with Crippen molar-refractivity contribution in [3.05, 3.63) is 24.3 Å². The van der Waals surface area contributed by atoms with Crippen molar-refractivity contribution in [1.82, 2.24) is 8.97 Å². The summed E-state index contributed by atoms with van der Waals surface area (Å²) in [6, 6.07) is 8.83. The van der Waals surface area contributed by atoms with Crippen LogP contribution in [0.25, 0.3) is 0 Å². The number of benzene rings is 1. The topological polar surface area (TPSA) is 0 Å². The van der Waals surface area contributed by atoms with E-state index in [9.17, 15) is 0 Å². The Morgan fingerprint density at radius 1 is 0.562 bits per heavy atom. The lowest BCUT2D eigenvalue weighted by Gasteiger charge is -2.26. The summed E-state index contributed by atoms with van der Waals surface area (Å²) in [6.07, 6.45) is 0. The first kappa shape index (κ1) is 18.1. The van der Waals surface area contributed by atoms with E-state index < -0.39 is 0 Å². The van der Waals surface area contributed by atoms with Crippen LogP contribution in [0.2, 0.25) is 0 Å². The molecule has 1 aromatic carbocycles. The zero-order valence-electron chi connectivity index (χ0n) is 11.0. The van der Waals surface area contributed by atoms with E-state index >= 15 is 0 Å². The zero-order chi connectivity index (χ0) is 11.0. The summed E-state index contributed by atoms with van der Waals surface area (Å²) in [5, 5.41) is 0. The molecule has 0 radical (unpaired) electrons. The highest BCUT2D eigenvalue weighted by Crippen LogP contribution is 2.23. The van der Waals surface area contributed by atoms with Crippen molar-refractivity contribution >= 4 is 11.4 Å². The predicted octanol–water partition coefficient (Wildman–Crippen LogP) is -3.91. The van der Waals surface area contributed by atoms with Crippen molar-refractivity contribution in [2.75, 3.05) is 42.3 Å². The van der Waals surface area contributed by atoms with Crippen molar-refractivity contribution in [2.24, 2.45) is 0 Å². The van der Waals surface area contributed by atoms with Gasteiger partial charge in [0.15, 0.2) is 0 Å². The van der Waals surface area contributed by atoms with Gasteiger partial charge >= 0.3 is 0 Å².